The molecule has 0 bridgehead atoms. The van der Waals surface area contributed by atoms with Crippen molar-refractivity contribution in [1.29, 1.82) is 0 Å². The topological polar surface area (TPSA) is 82.2 Å². The number of rotatable bonds is 9. The molecule has 0 unspecified atom stereocenters. The molecular weight excluding hydrogens is 363 g/mol. The molecule has 0 aliphatic heterocycles. The Hall–Kier alpha value is -3.26. The third-order valence-electron chi connectivity index (χ3n) is 4.15. The molecule has 0 atom stereocenters. The maximum atomic E-state index is 12.8. The molecule has 0 radical (unpaired) electrons. The van der Waals surface area contributed by atoms with Crippen LogP contribution >= 0.6 is 0 Å². The van der Waals surface area contributed by atoms with E-state index < -0.39 is 4.92 Å². The third kappa shape index (κ3) is 5.14. The molecule has 0 amide bonds. The zero-order valence-electron chi connectivity index (χ0n) is 15.5. The molecule has 1 heterocycles. The van der Waals surface area contributed by atoms with E-state index in [1.54, 1.807) is 28.9 Å². The summed E-state index contributed by atoms with van der Waals surface area (Å²) in [7, 11) is 1.84. The summed E-state index contributed by atoms with van der Waals surface area (Å²) >= 11 is 0. The molecule has 7 nitrogen and oxygen atoms in total. The summed E-state index contributed by atoms with van der Waals surface area (Å²) in [6.45, 7) is 1.90. The lowest BCUT2D eigenvalue weighted by atomic mass is 10.1. The molecule has 1 N–H and O–H groups in total. The molecular formula is C20H21FN4O3. The number of ether oxygens (including phenoxy) is 1. The van der Waals surface area contributed by atoms with Crippen molar-refractivity contribution >= 4 is 5.69 Å². The van der Waals surface area contributed by atoms with E-state index in [9.17, 15) is 14.5 Å². The Kier molecular flexibility index (Phi) is 6.33. The van der Waals surface area contributed by atoms with Gasteiger partial charge in [0, 0.05) is 43.0 Å². The molecule has 3 aromatic rings. The fourth-order valence-electron chi connectivity index (χ4n) is 2.79. The van der Waals surface area contributed by atoms with Gasteiger partial charge in [-0.15, -0.1) is 0 Å². The van der Waals surface area contributed by atoms with Gasteiger partial charge in [0.05, 0.1) is 17.2 Å². The number of non-ortho nitro benzene ring substituents is 1. The first-order valence-corrected chi connectivity index (χ1v) is 8.89. The first-order valence-electron chi connectivity index (χ1n) is 8.89. The van der Waals surface area contributed by atoms with Gasteiger partial charge in [-0.3, -0.25) is 14.8 Å². The maximum Gasteiger partial charge on any atom is 0.269 e. The van der Waals surface area contributed by atoms with Crippen LogP contribution in [0.3, 0.4) is 0 Å². The van der Waals surface area contributed by atoms with Crippen LogP contribution < -0.4 is 10.1 Å². The van der Waals surface area contributed by atoms with Gasteiger partial charge in [0.25, 0.3) is 5.69 Å². The molecule has 0 spiro atoms. The molecule has 2 aromatic carbocycles. The molecule has 1 aromatic heterocycles. The first kappa shape index (κ1) is 19.5. The second kappa shape index (κ2) is 9.09. The third-order valence-corrected chi connectivity index (χ3v) is 4.15. The standard InChI is InChI=1S/C20H21FN4O3/c1-24-14-16(20(23-24)15-3-7-18(8-4-15)25(26)27)13-22-11-2-12-28-19-9-5-17(21)6-10-19/h3-10,14,22H,2,11-13H2,1H3. The van der Waals surface area contributed by atoms with Crippen LogP contribution in [0.15, 0.2) is 54.7 Å². The fraction of sp³-hybridized carbons (Fsp3) is 0.250. The Labute approximate surface area is 161 Å². The van der Waals surface area contributed by atoms with Crippen LogP contribution in [0.5, 0.6) is 5.75 Å². The van der Waals surface area contributed by atoms with E-state index in [0.717, 1.165) is 29.8 Å². The SMILES string of the molecule is Cn1cc(CNCCCOc2ccc(F)cc2)c(-c2ccc([N+](=O)[O-])cc2)n1. The van der Waals surface area contributed by atoms with Crippen molar-refractivity contribution in [2.45, 2.75) is 13.0 Å². The number of nitrogens with zero attached hydrogens (tertiary/aromatic N) is 3. The Balaban J connectivity index is 1.49. The van der Waals surface area contributed by atoms with E-state index in [-0.39, 0.29) is 11.5 Å². The monoisotopic (exact) mass is 384 g/mol. The van der Waals surface area contributed by atoms with Crippen molar-refractivity contribution in [3.05, 3.63) is 76.2 Å². The number of nitro groups is 1. The van der Waals surface area contributed by atoms with Crippen LogP contribution in [-0.4, -0.2) is 27.9 Å². The number of aryl methyl sites for hydroxylation is 1. The Morgan fingerprint density at radius 1 is 1.18 bits per heavy atom. The van der Waals surface area contributed by atoms with E-state index in [1.165, 1.54) is 24.3 Å². The minimum atomic E-state index is -0.418. The number of hydrogen-bond acceptors (Lipinski definition) is 5. The number of hydrogen-bond donors (Lipinski definition) is 1. The largest absolute Gasteiger partial charge is 0.494 e. The summed E-state index contributed by atoms with van der Waals surface area (Å²) in [5.74, 6) is 0.364. The van der Waals surface area contributed by atoms with Crippen molar-refractivity contribution in [3.63, 3.8) is 0 Å². The van der Waals surface area contributed by atoms with Gasteiger partial charge in [-0.2, -0.15) is 5.10 Å². The normalized spacial score (nSPS) is 10.8. The van der Waals surface area contributed by atoms with Gasteiger partial charge in [0.1, 0.15) is 11.6 Å². The number of aromatic nitrogens is 2. The quantitative estimate of drug-likeness (QED) is 0.346. The van der Waals surface area contributed by atoms with Crippen LogP contribution in [0.2, 0.25) is 0 Å². The van der Waals surface area contributed by atoms with E-state index in [4.69, 9.17) is 4.74 Å². The van der Waals surface area contributed by atoms with E-state index >= 15 is 0 Å². The van der Waals surface area contributed by atoms with Gasteiger partial charge >= 0.3 is 0 Å². The number of halogens is 1. The lowest BCUT2D eigenvalue weighted by Crippen LogP contribution is -2.17. The highest BCUT2D eigenvalue weighted by atomic mass is 19.1. The van der Waals surface area contributed by atoms with E-state index in [2.05, 4.69) is 10.4 Å². The molecule has 0 aliphatic rings. The van der Waals surface area contributed by atoms with Crippen LogP contribution in [0.4, 0.5) is 10.1 Å². The summed E-state index contributed by atoms with van der Waals surface area (Å²) in [4.78, 5) is 10.4. The summed E-state index contributed by atoms with van der Waals surface area (Å²) in [6.07, 6.45) is 2.73. The first-order chi connectivity index (χ1) is 13.5. The predicted molar refractivity (Wildman–Crippen MR) is 104 cm³/mol. The average molecular weight is 384 g/mol. The van der Waals surface area contributed by atoms with Gasteiger partial charge < -0.3 is 10.1 Å². The number of benzene rings is 2. The van der Waals surface area contributed by atoms with Crippen molar-refractivity contribution < 1.29 is 14.1 Å². The molecule has 3 rings (SSSR count). The van der Waals surface area contributed by atoms with Crippen molar-refractivity contribution in [3.8, 4) is 17.0 Å². The van der Waals surface area contributed by atoms with Gasteiger partial charge in [-0.1, -0.05) is 0 Å². The van der Waals surface area contributed by atoms with Crippen LogP contribution in [-0.2, 0) is 13.6 Å². The van der Waals surface area contributed by atoms with Crippen molar-refractivity contribution in [1.82, 2.24) is 15.1 Å². The smallest absolute Gasteiger partial charge is 0.269 e. The van der Waals surface area contributed by atoms with E-state index in [0.29, 0.717) is 18.9 Å². The second-order valence-electron chi connectivity index (χ2n) is 6.31. The zero-order chi connectivity index (χ0) is 19.9. The Bertz CT molecular complexity index is 924. The predicted octanol–water partition coefficient (Wildman–Crippen LogP) is 3.69. The van der Waals surface area contributed by atoms with Gasteiger partial charge in [-0.05, 0) is 49.4 Å². The summed E-state index contributed by atoms with van der Waals surface area (Å²) in [5.41, 5.74) is 2.70. The lowest BCUT2D eigenvalue weighted by Gasteiger charge is -2.07. The Morgan fingerprint density at radius 3 is 2.57 bits per heavy atom. The van der Waals surface area contributed by atoms with Gasteiger partial charge in [-0.25, -0.2) is 4.39 Å². The molecule has 0 saturated heterocycles. The van der Waals surface area contributed by atoms with Crippen molar-refractivity contribution in [2.24, 2.45) is 7.05 Å². The van der Waals surface area contributed by atoms with Crippen LogP contribution in [0.1, 0.15) is 12.0 Å². The molecule has 146 valence electrons. The number of nitro benzene ring substituents is 1. The minimum Gasteiger partial charge on any atom is -0.494 e. The zero-order valence-corrected chi connectivity index (χ0v) is 15.5. The second-order valence-corrected chi connectivity index (χ2v) is 6.31. The maximum absolute atomic E-state index is 12.8. The highest BCUT2D eigenvalue weighted by Gasteiger charge is 2.12. The van der Waals surface area contributed by atoms with E-state index in [1.807, 2.05) is 13.2 Å². The highest BCUT2D eigenvalue weighted by Crippen LogP contribution is 2.24. The molecule has 0 saturated carbocycles. The average Bonchev–Trinajstić information content (AvgIpc) is 3.06. The minimum absolute atomic E-state index is 0.0560. The molecule has 0 aliphatic carbocycles. The molecule has 0 fully saturated rings. The number of nitrogens with one attached hydrogen (secondary N) is 1. The van der Waals surface area contributed by atoms with Crippen LogP contribution in [0, 0.1) is 15.9 Å². The summed E-state index contributed by atoms with van der Waals surface area (Å²) < 4.78 is 20.1. The van der Waals surface area contributed by atoms with Crippen LogP contribution in [0.25, 0.3) is 11.3 Å². The lowest BCUT2D eigenvalue weighted by molar-refractivity contribution is -0.384. The Morgan fingerprint density at radius 2 is 1.89 bits per heavy atom. The van der Waals surface area contributed by atoms with Crippen molar-refractivity contribution in [2.75, 3.05) is 13.2 Å². The summed E-state index contributed by atoms with van der Waals surface area (Å²) in [6, 6.07) is 12.3. The van der Waals surface area contributed by atoms with Gasteiger partial charge in [0.15, 0.2) is 0 Å². The fourth-order valence-corrected chi connectivity index (χ4v) is 2.79. The van der Waals surface area contributed by atoms with Gasteiger partial charge in [0.2, 0.25) is 0 Å². The molecule has 28 heavy (non-hydrogen) atoms. The molecule has 8 heteroatoms. The highest BCUT2D eigenvalue weighted by molar-refractivity contribution is 5.64. The summed E-state index contributed by atoms with van der Waals surface area (Å²) in [5, 5.41) is 18.6.